The van der Waals surface area contributed by atoms with Gasteiger partial charge in [-0.15, -0.1) is 0 Å². The van der Waals surface area contributed by atoms with Gasteiger partial charge in [0.05, 0.1) is 6.10 Å². The predicted octanol–water partition coefficient (Wildman–Crippen LogP) is 0.808. The second kappa shape index (κ2) is 4.28. The van der Waals surface area contributed by atoms with Crippen LogP contribution in [0.1, 0.15) is 39.0 Å². The highest BCUT2D eigenvalue weighted by Crippen LogP contribution is 2.59. The molecular formula is C16H25NO3. The van der Waals surface area contributed by atoms with Crippen LogP contribution in [-0.2, 0) is 4.79 Å². The van der Waals surface area contributed by atoms with Gasteiger partial charge in [0.1, 0.15) is 6.10 Å². The molecule has 2 saturated carbocycles. The van der Waals surface area contributed by atoms with Gasteiger partial charge in [0.2, 0.25) is 0 Å². The molecule has 0 amide bonds. The zero-order valence-electron chi connectivity index (χ0n) is 12.2. The van der Waals surface area contributed by atoms with E-state index in [1.54, 1.807) is 0 Å². The van der Waals surface area contributed by atoms with Crippen LogP contribution in [0, 0.1) is 23.7 Å². The summed E-state index contributed by atoms with van der Waals surface area (Å²) >= 11 is 0. The van der Waals surface area contributed by atoms with Crippen molar-refractivity contribution in [2.75, 3.05) is 13.1 Å². The summed E-state index contributed by atoms with van der Waals surface area (Å²) in [5.74, 6) is 0.274. The molecule has 2 aliphatic carbocycles. The lowest BCUT2D eigenvalue weighted by molar-refractivity contribution is -0.217. The normalized spacial score (nSPS) is 55.5. The van der Waals surface area contributed by atoms with Crippen molar-refractivity contribution in [1.29, 1.82) is 0 Å². The van der Waals surface area contributed by atoms with Crippen LogP contribution in [0.2, 0.25) is 0 Å². The van der Waals surface area contributed by atoms with E-state index in [0.29, 0.717) is 5.92 Å². The largest absolute Gasteiger partial charge is 0.392 e. The zero-order valence-corrected chi connectivity index (χ0v) is 12.2. The lowest BCUT2D eigenvalue weighted by Gasteiger charge is -2.67. The molecule has 2 saturated heterocycles. The Bertz CT molecular complexity index is 437. The Labute approximate surface area is 120 Å². The van der Waals surface area contributed by atoms with Crippen LogP contribution >= 0.6 is 0 Å². The van der Waals surface area contributed by atoms with Crippen LogP contribution in [0.3, 0.4) is 0 Å². The molecule has 20 heavy (non-hydrogen) atoms. The second-order valence-electron chi connectivity index (χ2n) is 7.52. The molecule has 4 aliphatic rings. The number of hydrogen-bond acceptors (Lipinski definition) is 4. The number of aliphatic hydroxyl groups is 2. The summed E-state index contributed by atoms with van der Waals surface area (Å²) in [7, 11) is 0. The van der Waals surface area contributed by atoms with Gasteiger partial charge in [-0.1, -0.05) is 6.92 Å². The van der Waals surface area contributed by atoms with E-state index < -0.39 is 12.2 Å². The molecule has 4 nitrogen and oxygen atoms in total. The van der Waals surface area contributed by atoms with Gasteiger partial charge in [-0.2, -0.15) is 0 Å². The van der Waals surface area contributed by atoms with Crippen molar-refractivity contribution in [1.82, 2.24) is 4.90 Å². The van der Waals surface area contributed by atoms with Crippen LogP contribution < -0.4 is 0 Å². The van der Waals surface area contributed by atoms with E-state index in [0.717, 1.165) is 45.2 Å². The first-order valence-corrected chi connectivity index (χ1v) is 8.22. The highest BCUT2D eigenvalue weighted by molar-refractivity contribution is 5.88. The number of Topliss-reactive ketones (excluding diaryl/α,β-unsaturated/α-hetero) is 1. The highest BCUT2D eigenvalue weighted by Gasteiger charge is 2.67. The number of ketones is 1. The first-order chi connectivity index (χ1) is 9.57. The van der Waals surface area contributed by atoms with E-state index in [1.165, 1.54) is 0 Å². The molecule has 2 aliphatic heterocycles. The fourth-order valence-electron chi connectivity index (χ4n) is 6.12. The van der Waals surface area contributed by atoms with Crippen molar-refractivity contribution in [2.45, 2.75) is 56.8 Å². The van der Waals surface area contributed by atoms with Crippen LogP contribution in [0.15, 0.2) is 0 Å². The molecule has 7 atom stereocenters. The maximum Gasteiger partial charge on any atom is 0.166 e. The number of carbonyl (C=O) groups is 1. The lowest BCUT2D eigenvalue weighted by atomic mass is 9.47. The summed E-state index contributed by atoms with van der Waals surface area (Å²) in [6, 6.07) is 0. The molecule has 0 aromatic heterocycles. The van der Waals surface area contributed by atoms with E-state index in [9.17, 15) is 15.0 Å². The summed E-state index contributed by atoms with van der Waals surface area (Å²) in [4.78, 5) is 15.2. The van der Waals surface area contributed by atoms with E-state index in [2.05, 4.69) is 11.8 Å². The molecule has 0 aromatic rings. The quantitative estimate of drug-likeness (QED) is 0.689. The van der Waals surface area contributed by atoms with E-state index in [4.69, 9.17) is 0 Å². The standard InChI is InChI=1S/C16H25NO3/c1-9-8-16-10-4-2-6-17(16)7-3-5-11(16)14(19)15(20)12(10)13(9)18/h9-13,15,18,20H,2-8H2,1H3/t9-,10+,11+,12-,13+,15-,16+/m0/s1. The van der Waals surface area contributed by atoms with Crippen LogP contribution in [0.4, 0.5) is 0 Å². The smallest absolute Gasteiger partial charge is 0.166 e. The third kappa shape index (κ3) is 1.40. The fraction of sp³-hybridized carbons (Fsp3) is 0.938. The highest BCUT2D eigenvalue weighted by atomic mass is 16.3. The summed E-state index contributed by atoms with van der Waals surface area (Å²) in [6.07, 6.45) is 3.67. The maximum atomic E-state index is 12.7. The SMILES string of the molecule is C[C@H]1C[C@@]23[C@@H]4CCCN2CCC[C@@H]3[C@@H]([C@@H]1O)[C@H](O)C4=O. The minimum atomic E-state index is -0.936. The summed E-state index contributed by atoms with van der Waals surface area (Å²) in [5.41, 5.74) is -0.0455. The van der Waals surface area contributed by atoms with Crippen molar-refractivity contribution in [3.05, 3.63) is 0 Å². The van der Waals surface area contributed by atoms with Crippen LogP contribution in [-0.4, -0.2) is 51.7 Å². The van der Waals surface area contributed by atoms with Crippen LogP contribution in [0.25, 0.3) is 0 Å². The molecule has 4 rings (SSSR count). The topological polar surface area (TPSA) is 60.8 Å². The molecule has 112 valence electrons. The second-order valence-corrected chi connectivity index (χ2v) is 7.52. The van der Waals surface area contributed by atoms with Crippen molar-refractivity contribution < 1.29 is 15.0 Å². The van der Waals surface area contributed by atoms with Gasteiger partial charge in [0.25, 0.3) is 0 Å². The summed E-state index contributed by atoms with van der Waals surface area (Å²) < 4.78 is 0. The molecule has 0 aromatic carbocycles. The van der Waals surface area contributed by atoms with Crippen molar-refractivity contribution >= 4 is 5.78 Å². The molecule has 4 fully saturated rings. The average molecular weight is 279 g/mol. The van der Waals surface area contributed by atoms with Gasteiger partial charge in [-0.3, -0.25) is 9.69 Å². The first-order valence-electron chi connectivity index (χ1n) is 8.22. The van der Waals surface area contributed by atoms with E-state index in [1.807, 2.05) is 0 Å². The zero-order chi connectivity index (χ0) is 14.1. The molecule has 2 N–H and O–H groups in total. The molecule has 0 radical (unpaired) electrons. The Balaban J connectivity index is 1.86. The van der Waals surface area contributed by atoms with E-state index >= 15 is 0 Å². The van der Waals surface area contributed by atoms with Gasteiger partial charge in [0, 0.05) is 17.4 Å². The minimum Gasteiger partial charge on any atom is -0.392 e. The Hall–Kier alpha value is -0.450. The fourth-order valence-corrected chi connectivity index (χ4v) is 6.12. The number of carbonyl (C=O) groups excluding carboxylic acids is 1. The number of hydrogen-bond donors (Lipinski definition) is 2. The van der Waals surface area contributed by atoms with Crippen molar-refractivity contribution in [3.63, 3.8) is 0 Å². The number of nitrogens with zero attached hydrogens (tertiary/aromatic N) is 1. The molecule has 0 unspecified atom stereocenters. The molecule has 1 spiro atoms. The average Bonchev–Trinajstić information content (AvgIpc) is 2.44. The van der Waals surface area contributed by atoms with Gasteiger partial charge in [-0.05, 0) is 57.0 Å². The lowest BCUT2D eigenvalue weighted by Crippen LogP contribution is -2.76. The van der Waals surface area contributed by atoms with Gasteiger partial charge < -0.3 is 10.2 Å². The van der Waals surface area contributed by atoms with Crippen molar-refractivity contribution in [2.24, 2.45) is 23.7 Å². The molecule has 2 heterocycles. The number of piperidine rings is 2. The minimum absolute atomic E-state index is 0.00255. The molecular weight excluding hydrogens is 254 g/mol. The monoisotopic (exact) mass is 279 g/mol. The first kappa shape index (κ1) is 13.2. The predicted molar refractivity (Wildman–Crippen MR) is 74.0 cm³/mol. The Morgan fingerprint density at radius 2 is 1.90 bits per heavy atom. The third-order valence-corrected chi connectivity index (χ3v) is 6.79. The van der Waals surface area contributed by atoms with Crippen molar-refractivity contribution in [3.8, 4) is 0 Å². The van der Waals surface area contributed by atoms with E-state index in [-0.39, 0.29) is 29.1 Å². The number of rotatable bonds is 0. The summed E-state index contributed by atoms with van der Waals surface area (Å²) in [5, 5.41) is 21.0. The summed E-state index contributed by atoms with van der Waals surface area (Å²) in [6.45, 7) is 4.27. The van der Waals surface area contributed by atoms with Crippen LogP contribution in [0.5, 0.6) is 0 Å². The van der Waals surface area contributed by atoms with Gasteiger partial charge >= 0.3 is 0 Å². The molecule has 4 heteroatoms. The maximum absolute atomic E-state index is 12.7. The Kier molecular flexibility index (Phi) is 2.83. The third-order valence-electron chi connectivity index (χ3n) is 6.79. The van der Waals surface area contributed by atoms with Gasteiger partial charge in [0.15, 0.2) is 5.78 Å². The number of aliphatic hydroxyl groups excluding tert-OH is 2. The van der Waals surface area contributed by atoms with Gasteiger partial charge in [-0.25, -0.2) is 0 Å². The Morgan fingerprint density at radius 3 is 2.65 bits per heavy atom. The molecule has 2 bridgehead atoms. The Morgan fingerprint density at radius 1 is 1.20 bits per heavy atom.